The molecule has 130 valence electrons. The zero-order chi connectivity index (χ0) is 15.9. The van der Waals surface area contributed by atoms with Gasteiger partial charge in [0.25, 0.3) is 6.43 Å². The van der Waals surface area contributed by atoms with E-state index in [4.69, 9.17) is 0 Å². The average Bonchev–Trinajstić information content (AvgIpc) is 2.55. The van der Waals surface area contributed by atoms with E-state index >= 15 is 0 Å². The lowest BCUT2D eigenvalue weighted by molar-refractivity contribution is 0.148. The Hall–Kier alpha value is -0.920. The van der Waals surface area contributed by atoms with Crippen LogP contribution in [0, 0.1) is 5.92 Å². The van der Waals surface area contributed by atoms with E-state index in [0.717, 1.165) is 25.9 Å². The summed E-state index contributed by atoms with van der Waals surface area (Å²) in [7, 11) is 1.65. The number of nitrogens with one attached hydrogen (secondary N) is 1. The first-order valence-electron chi connectivity index (χ1n) is 7.94. The number of likely N-dealkylation sites (tertiary alicyclic amines) is 1. The molecule has 23 heavy (non-hydrogen) atoms. The molecule has 6 heteroatoms. The quantitative estimate of drug-likeness (QED) is 0.439. The molecule has 2 unspecified atom stereocenters. The maximum absolute atomic E-state index is 12.4. The topological polar surface area (TPSA) is 27.6 Å². The van der Waals surface area contributed by atoms with Gasteiger partial charge in [-0.25, -0.2) is 8.78 Å². The van der Waals surface area contributed by atoms with E-state index in [1.807, 2.05) is 6.07 Å². The molecule has 1 heterocycles. The summed E-state index contributed by atoms with van der Waals surface area (Å²) < 4.78 is 24.8. The summed E-state index contributed by atoms with van der Waals surface area (Å²) in [5.41, 5.74) is 1.38. The van der Waals surface area contributed by atoms with Crippen LogP contribution in [0.1, 0.15) is 31.2 Å². The monoisotopic (exact) mass is 437 g/mol. The molecule has 1 aliphatic heterocycles. The molecule has 2 rings (SSSR count). The lowest BCUT2D eigenvalue weighted by Crippen LogP contribution is -2.49. The second kappa shape index (κ2) is 10.1. The maximum atomic E-state index is 12.4. The number of piperidine rings is 1. The first kappa shape index (κ1) is 20.1. The van der Waals surface area contributed by atoms with E-state index in [0.29, 0.717) is 17.8 Å². The molecule has 0 aliphatic carbocycles. The Morgan fingerprint density at radius 1 is 1.35 bits per heavy atom. The van der Waals surface area contributed by atoms with Crippen molar-refractivity contribution < 1.29 is 8.78 Å². The van der Waals surface area contributed by atoms with E-state index in [9.17, 15) is 8.78 Å². The molecule has 0 bridgehead atoms. The van der Waals surface area contributed by atoms with Gasteiger partial charge in [0.2, 0.25) is 0 Å². The van der Waals surface area contributed by atoms with Gasteiger partial charge in [-0.3, -0.25) is 4.99 Å². The molecule has 1 aromatic carbocycles. The van der Waals surface area contributed by atoms with Crippen molar-refractivity contribution in [2.24, 2.45) is 10.9 Å². The minimum Gasteiger partial charge on any atom is -0.351 e. The van der Waals surface area contributed by atoms with Gasteiger partial charge in [0.05, 0.1) is 6.54 Å². The standard InChI is InChI=1S/C17H25F2N3.HI/c1-3-13-12-22(17(20-2)21-11-16(18)19)10-9-15(13)14-7-5-4-6-8-14;/h4-8,13,15-16H,3,9-12H2,1-2H3,(H,20,21);1H. The molecule has 0 amide bonds. The highest BCUT2D eigenvalue weighted by molar-refractivity contribution is 14.0. The third kappa shape index (κ3) is 5.58. The van der Waals surface area contributed by atoms with Crippen molar-refractivity contribution in [3.8, 4) is 0 Å². The molecule has 2 atom stereocenters. The van der Waals surface area contributed by atoms with Gasteiger partial charge in [0.15, 0.2) is 5.96 Å². The predicted molar refractivity (Wildman–Crippen MR) is 102 cm³/mol. The van der Waals surface area contributed by atoms with Crippen LogP contribution in [-0.2, 0) is 0 Å². The summed E-state index contributed by atoms with van der Waals surface area (Å²) in [4.78, 5) is 6.26. The van der Waals surface area contributed by atoms with Gasteiger partial charge in [0, 0.05) is 20.1 Å². The van der Waals surface area contributed by atoms with Crippen molar-refractivity contribution >= 4 is 29.9 Å². The number of hydrogen-bond acceptors (Lipinski definition) is 1. The Kier molecular flexibility index (Phi) is 8.79. The lowest BCUT2D eigenvalue weighted by atomic mass is 9.79. The Bertz CT molecular complexity index is 482. The zero-order valence-electron chi connectivity index (χ0n) is 13.7. The Labute approximate surface area is 154 Å². The lowest BCUT2D eigenvalue weighted by Gasteiger charge is -2.40. The van der Waals surface area contributed by atoms with Crippen molar-refractivity contribution in [1.29, 1.82) is 0 Å². The summed E-state index contributed by atoms with van der Waals surface area (Å²) in [6.07, 6.45) is -0.264. The van der Waals surface area contributed by atoms with Gasteiger partial charge in [0.1, 0.15) is 0 Å². The van der Waals surface area contributed by atoms with Gasteiger partial charge in [-0.1, -0.05) is 43.7 Å². The van der Waals surface area contributed by atoms with E-state index < -0.39 is 6.43 Å². The number of rotatable bonds is 4. The first-order chi connectivity index (χ1) is 10.7. The zero-order valence-corrected chi connectivity index (χ0v) is 16.0. The molecule has 1 N–H and O–H groups in total. The highest BCUT2D eigenvalue weighted by Gasteiger charge is 2.30. The normalized spacial score (nSPS) is 22.0. The SMILES string of the molecule is CCC1CN(C(=NC)NCC(F)F)CCC1c1ccccc1.I. The number of nitrogens with zero attached hydrogens (tertiary/aromatic N) is 2. The van der Waals surface area contributed by atoms with Gasteiger partial charge < -0.3 is 10.2 Å². The van der Waals surface area contributed by atoms with Crippen molar-refractivity contribution in [2.45, 2.75) is 32.1 Å². The van der Waals surface area contributed by atoms with Crippen LogP contribution in [0.5, 0.6) is 0 Å². The Morgan fingerprint density at radius 2 is 2.04 bits per heavy atom. The summed E-state index contributed by atoms with van der Waals surface area (Å²) in [5.74, 6) is 1.64. The van der Waals surface area contributed by atoms with Crippen molar-refractivity contribution in [3.63, 3.8) is 0 Å². The molecule has 0 spiro atoms. The van der Waals surface area contributed by atoms with Crippen LogP contribution in [0.4, 0.5) is 8.78 Å². The number of guanidine groups is 1. The highest BCUT2D eigenvalue weighted by atomic mass is 127. The Morgan fingerprint density at radius 3 is 2.61 bits per heavy atom. The fraction of sp³-hybridized carbons (Fsp3) is 0.588. The van der Waals surface area contributed by atoms with E-state index in [2.05, 4.69) is 46.4 Å². The first-order valence-corrected chi connectivity index (χ1v) is 7.94. The fourth-order valence-electron chi connectivity index (χ4n) is 3.28. The number of aliphatic imine (C=N–C) groups is 1. The van der Waals surface area contributed by atoms with Gasteiger partial charge in [-0.2, -0.15) is 0 Å². The third-order valence-electron chi connectivity index (χ3n) is 4.41. The van der Waals surface area contributed by atoms with Crippen molar-refractivity contribution in [1.82, 2.24) is 10.2 Å². The van der Waals surface area contributed by atoms with Crippen LogP contribution in [-0.4, -0.2) is 44.0 Å². The fourth-order valence-corrected chi connectivity index (χ4v) is 3.28. The van der Waals surface area contributed by atoms with Gasteiger partial charge >= 0.3 is 0 Å². The molecule has 1 saturated heterocycles. The molecule has 0 aromatic heterocycles. The summed E-state index contributed by atoms with van der Waals surface area (Å²) in [6.45, 7) is 3.56. The summed E-state index contributed by atoms with van der Waals surface area (Å²) >= 11 is 0. The van der Waals surface area contributed by atoms with Gasteiger partial charge in [-0.05, 0) is 23.8 Å². The molecule has 1 aromatic rings. The van der Waals surface area contributed by atoms with Crippen LogP contribution in [0.2, 0.25) is 0 Å². The van der Waals surface area contributed by atoms with E-state index in [-0.39, 0.29) is 30.5 Å². The largest absolute Gasteiger partial charge is 0.351 e. The third-order valence-corrected chi connectivity index (χ3v) is 4.41. The van der Waals surface area contributed by atoms with Crippen molar-refractivity contribution in [3.05, 3.63) is 35.9 Å². The maximum Gasteiger partial charge on any atom is 0.255 e. The minimum absolute atomic E-state index is 0. The van der Waals surface area contributed by atoms with E-state index in [1.54, 1.807) is 7.05 Å². The second-order valence-electron chi connectivity index (χ2n) is 5.74. The molecule has 0 saturated carbocycles. The summed E-state index contributed by atoms with van der Waals surface area (Å²) in [5, 5.41) is 2.76. The molecular weight excluding hydrogens is 411 g/mol. The van der Waals surface area contributed by atoms with Crippen LogP contribution >= 0.6 is 24.0 Å². The van der Waals surface area contributed by atoms with E-state index in [1.165, 1.54) is 5.56 Å². The van der Waals surface area contributed by atoms with Crippen LogP contribution in [0.15, 0.2) is 35.3 Å². The van der Waals surface area contributed by atoms with Crippen LogP contribution < -0.4 is 5.32 Å². The minimum atomic E-state index is -2.36. The molecule has 3 nitrogen and oxygen atoms in total. The molecule has 1 aliphatic rings. The highest BCUT2D eigenvalue weighted by Crippen LogP contribution is 2.34. The smallest absolute Gasteiger partial charge is 0.255 e. The Balaban J connectivity index is 0.00000264. The molecular formula is C17H26F2IN3. The molecule has 1 fully saturated rings. The van der Waals surface area contributed by atoms with Crippen LogP contribution in [0.25, 0.3) is 0 Å². The number of alkyl halides is 2. The number of hydrogen-bond donors (Lipinski definition) is 1. The second-order valence-corrected chi connectivity index (χ2v) is 5.74. The summed E-state index contributed by atoms with van der Waals surface area (Å²) in [6, 6.07) is 10.6. The average molecular weight is 437 g/mol. The van der Waals surface area contributed by atoms with Crippen LogP contribution in [0.3, 0.4) is 0 Å². The molecule has 0 radical (unpaired) electrons. The number of halogens is 3. The number of benzene rings is 1. The van der Waals surface area contributed by atoms with Crippen molar-refractivity contribution in [2.75, 3.05) is 26.7 Å². The predicted octanol–water partition coefficient (Wildman–Crippen LogP) is 3.96. The van der Waals surface area contributed by atoms with Gasteiger partial charge in [-0.15, -0.1) is 24.0 Å².